The van der Waals surface area contributed by atoms with Gasteiger partial charge in [0.05, 0.1) is 18.6 Å². The Bertz CT molecular complexity index is 858. The molecule has 0 radical (unpaired) electrons. The summed E-state index contributed by atoms with van der Waals surface area (Å²) < 4.78 is 0. The van der Waals surface area contributed by atoms with E-state index in [0.717, 1.165) is 24.0 Å². The number of rotatable bonds is 7. The van der Waals surface area contributed by atoms with Gasteiger partial charge in [0, 0.05) is 18.3 Å². The minimum absolute atomic E-state index is 0.0370. The fourth-order valence-electron chi connectivity index (χ4n) is 6.80. The van der Waals surface area contributed by atoms with Crippen LogP contribution in [0.5, 0.6) is 0 Å². The summed E-state index contributed by atoms with van der Waals surface area (Å²) in [5.74, 6) is 1.72. The van der Waals surface area contributed by atoms with Gasteiger partial charge in [-0.2, -0.15) is 0 Å². The molecule has 2 unspecified atom stereocenters. The molecular weight excluding hydrogens is 424 g/mol. The van der Waals surface area contributed by atoms with Gasteiger partial charge in [0.15, 0.2) is 0 Å². The van der Waals surface area contributed by atoms with Crippen LogP contribution in [0.15, 0.2) is 35.5 Å². The molecule has 2 N–H and O–H groups in total. The van der Waals surface area contributed by atoms with E-state index in [0.29, 0.717) is 37.0 Å². The van der Waals surface area contributed by atoms with E-state index in [-0.39, 0.29) is 23.4 Å². The van der Waals surface area contributed by atoms with Crippen LogP contribution in [0, 0.1) is 28.6 Å². The third-order valence-corrected chi connectivity index (χ3v) is 9.06. The molecule has 0 amide bonds. The molecule has 3 fully saturated rings. The number of allylic oxidation sites excluding steroid dienone is 3. The Hall–Kier alpha value is -1.52. The van der Waals surface area contributed by atoms with Crippen molar-refractivity contribution in [3.8, 4) is 0 Å². The fraction of sp³-hybridized carbons (Fsp3) is 0.733. The van der Waals surface area contributed by atoms with Gasteiger partial charge in [-0.3, -0.25) is 9.59 Å². The molecule has 0 heterocycles. The van der Waals surface area contributed by atoms with Crippen LogP contribution in [0.3, 0.4) is 0 Å². The van der Waals surface area contributed by atoms with Crippen LogP contribution in [0.2, 0.25) is 0 Å². The van der Waals surface area contributed by atoms with E-state index in [1.54, 1.807) is 0 Å². The van der Waals surface area contributed by atoms with Gasteiger partial charge in [-0.25, -0.2) is 0 Å². The number of carbonyl (C=O) groups is 2. The predicted octanol–water partition coefficient (Wildman–Crippen LogP) is 6.12. The third-order valence-electron chi connectivity index (χ3n) is 9.06. The molecule has 3 aliphatic carbocycles. The minimum atomic E-state index is -0.650. The van der Waals surface area contributed by atoms with Crippen molar-refractivity contribution in [1.82, 2.24) is 0 Å². The third kappa shape index (κ3) is 5.99. The van der Waals surface area contributed by atoms with E-state index in [4.69, 9.17) is 0 Å². The molecule has 3 aliphatic rings. The van der Waals surface area contributed by atoms with Gasteiger partial charge in [-0.05, 0) is 79.3 Å². The summed E-state index contributed by atoms with van der Waals surface area (Å²) in [6.07, 6.45) is 11.4. The maximum Gasteiger partial charge on any atom is 0.145 e. The van der Waals surface area contributed by atoms with Crippen molar-refractivity contribution in [2.24, 2.45) is 28.6 Å². The van der Waals surface area contributed by atoms with Gasteiger partial charge >= 0.3 is 0 Å². The molecular formula is C30H46O4. The Morgan fingerprint density at radius 1 is 1.21 bits per heavy atom. The highest BCUT2D eigenvalue weighted by Gasteiger charge is 2.50. The molecule has 0 aromatic carbocycles. The average Bonchev–Trinajstić information content (AvgIpc) is 3.10. The maximum atomic E-state index is 12.5. The molecule has 0 aromatic rings. The van der Waals surface area contributed by atoms with Crippen molar-refractivity contribution < 1.29 is 19.8 Å². The van der Waals surface area contributed by atoms with Crippen LogP contribution in [0.4, 0.5) is 0 Å². The van der Waals surface area contributed by atoms with Gasteiger partial charge in [0.2, 0.25) is 0 Å². The van der Waals surface area contributed by atoms with Crippen molar-refractivity contribution in [2.45, 2.75) is 111 Å². The van der Waals surface area contributed by atoms with Crippen molar-refractivity contribution in [2.75, 3.05) is 0 Å². The minimum Gasteiger partial charge on any atom is -0.393 e. The monoisotopic (exact) mass is 470 g/mol. The summed E-state index contributed by atoms with van der Waals surface area (Å²) in [5, 5.41) is 20.2. The van der Waals surface area contributed by atoms with Crippen LogP contribution in [0.1, 0.15) is 98.8 Å². The lowest BCUT2D eigenvalue weighted by atomic mass is 9.60. The standard InChI is InChI=1S/C30H46O4/c1-19(9-12-23(31)18-28(34)29(3,4)5)25-13-14-26-21(8-7-15-30(25,26)6)10-11-22-16-24(32)17-27(33)20(22)2/h10-11,19,24-27,32-33H,2,7-9,12-18H2,1,3-6H3/b21-10+,22-11-/t19-,24-,25-,26+,27?,30?/m1/s1. The molecule has 4 heteroatoms. The Morgan fingerprint density at radius 2 is 1.91 bits per heavy atom. The van der Waals surface area contributed by atoms with Crippen LogP contribution in [-0.4, -0.2) is 34.0 Å². The molecule has 4 nitrogen and oxygen atoms in total. The lowest BCUT2D eigenvalue weighted by Crippen LogP contribution is -2.36. The fourth-order valence-corrected chi connectivity index (χ4v) is 6.80. The summed E-state index contributed by atoms with van der Waals surface area (Å²) in [6, 6.07) is 0. The van der Waals surface area contributed by atoms with Crippen molar-refractivity contribution >= 4 is 11.6 Å². The molecule has 3 saturated carbocycles. The van der Waals surface area contributed by atoms with E-state index in [1.165, 1.54) is 31.3 Å². The van der Waals surface area contributed by atoms with Crippen LogP contribution >= 0.6 is 0 Å². The van der Waals surface area contributed by atoms with E-state index in [1.807, 2.05) is 20.8 Å². The maximum absolute atomic E-state index is 12.5. The van der Waals surface area contributed by atoms with Gasteiger partial charge < -0.3 is 10.2 Å². The Kier molecular flexibility index (Phi) is 8.46. The number of aliphatic hydroxyl groups excluding tert-OH is 2. The number of Topliss-reactive ketones (excluding diaryl/α,β-unsaturated/α-hetero) is 2. The van der Waals surface area contributed by atoms with Crippen molar-refractivity contribution in [3.63, 3.8) is 0 Å². The summed E-state index contributed by atoms with van der Waals surface area (Å²) in [4.78, 5) is 24.7. The van der Waals surface area contributed by atoms with Crippen molar-refractivity contribution in [3.05, 3.63) is 35.5 Å². The summed E-state index contributed by atoms with van der Waals surface area (Å²) >= 11 is 0. The van der Waals surface area contributed by atoms with E-state index in [2.05, 4.69) is 32.6 Å². The second kappa shape index (κ2) is 10.6. The van der Waals surface area contributed by atoms with Gasteiger partial charge in [0.1, 0.15) is 11.6 Å². The highest BCUT2D eigenvalue weighted by Crippen LogP contribution is 2.59. The zero-order valence-corrected chi connectivity index (χ0v) is 22.0. The van der Waals surface area contributed by atoms with Gasteiger partial charge in [-0.15, -0.1) is 0 Å². The first-order valence-corrected chi connectivity index (χ1v) is 13.3. The average molecular weight is 471 g/mol. The predicted molar refractivity (Wildman–Crippen MR) is 137 cm³/mol. The molecule has 0 aliphatic heterocycles. The molecule has 6 atom stereocenters. The SMILES string of the molecule is C=C1/C(=C\C=C2/CCCC3(C)[C@@H]([C@H](C)CCC(=O)CC(=O)C(C)(C)C)CC[C@@H]23)C[C@@H](O)CC1O. The van der Waals surface area contributed by atoms with Crippen LogP contribution < -0.4 is 0 Å². The first-order chi connectivity index (χ1) is 15.8. The number of aliphatic hydroxyl groups is 2. The summed E-state index contributed by atoms with van der Waals surface area (Å²) in [7, 11) is 0. The molecule has 34 heavy (non-hydrogen) atoms. The first kappa shape index (κ1) is 27.1. The molecule has 3 rings (SSSR count). The Balaban J connectivity index is 1.65. The lowest BCUT2D eigenvalue weighted by Gasteiger charge is -2.44. The first-order valence-electron chi connectivity index (χ1n) is 13.3. The largest absolute Gasteiger partial charge is 0.393 e. The highest BCUT2D eigenvalue weighted by molar-refractivity contribution is 6.01. The molecule has 190 valence electrons. The zero-order chi connectivity index (χ0) is 25.3. The number of hydrogen-bond donors (Lipinski definition) is 2. The smallest absolute Gasteiger partial charge is 0.145 e. The second-order valence-electron chi connectivity index (χ2n) is 12.6. The zero-order valence-electron chi connectivity index (χ0n) is 22.0. The topological polar surface area (TPSA) is 74.6 Å². The van der Waals surface area contributed by atoms with E-state index >= 15 is 0 Å². The number of hydrogen-bond acceptors (Lipinski definition) is 4. The Morgan fingerprint density at radius 3 is 2.59 bits per heavy atom. The van der Waals surface area contributed by atoms with E-state index < -0.39 is 17.6 Å². The Labute approximate surface area is 206 Å². The summed E-state index contributed by atoms with van der Waals surface area (Å²) in [6.45, 7) is 14.4. The molecule has 0 saturated heterocycles. The highest BCUT2D eigenvalue weighted by atomic mass is 16.3. The van der Waals surface area contributed by atoms with Gasteiger partial charge in [0.25, 0.3) is 0 Å². The number of carbonyl (C=O) groups excluding carboxylic acids is 2. The van der Waals surface area contributed by atoms with Crippen LogP contribution in [0.25, 0.3) is 0 Å². The normalized spacial score (nSPS) is 35.4. The summed E-state index contributed by atoms with van der Waals surface area (Å²) in [5.41, 5.74) is 3.00. The van der Waals surface area contributed by atoms with Crippen LogP contribution in [-0.2, 0) is 9.59 Å². The van der Waals surface area contributed by atoms with Crippen molar-refractivity contribution in [1.29, 1.82) is 0 Å². The second-order valence-corrected chi connectivity index (χ2v) is 12.6. The molecule has 0 spiro atoms. The number of fused-ring (bicyclic) bond motifs is 1. The van der Waals surface area contributed by atoms with Gasteiger partial charge in [-0.1, -0.05) is 58.9 Å². The lowest BCUT2D eigenvalue weighted by molar-refractivity contribution is -0.131. The quantitative estimate of drug-likeness (QED) is 0.440. The van der Waals surface area contributed by atoms with E-state index in [9.17, 15) is 19.8 Å². The molecule has 0 bridgehead atoms. The molecule has 0 aromatic heterocycles. The number of ketones is 2.